The molecular formula is C12H24N2O. The molecule has 2 N–H and O–H groups in total. The first-order chi connectivity index (χ1) is 7.33. The molecule has 2 rings (SSSR count). The highest BCUT2D eigenvalue weighted by molar-refractivity contribution is 4.90. The third-order valence-corrected chi connectivity index (χ3v) is 4.01. The smallest absolute Gasteiger partial charge is 0.0584 e. The summed E-state index contributed by atoms with van der Waals surface area (Å²) >= 11 is 0. The molecule has 0 spiro atoms. The Bertz CT molecular complexity index is 192. The highest BCUT2D eigenvalue weighted by Gasteiger charge is 2.31. The molecule has 0 amide bonds. The Balaban J connectivity index is 1.79. The lowest BCUT2D eigenvalue weighted by Crippen LogP contribution is -2.49. The number of hydrogen-bond acceptors (Lipinski definition) is 3. The van der Waals surface area contributed by atoms with Crippen molar-refractivity contribution in [1.82, 2.24) is 10.2 Å². The highest BCUT2D eigenvalue weighted by Crippen LogP contribution is 2.27. The van der Waals surface area contributed by atoms with Crippen molar-refractivity contribution in [3.63, 3.8) is 0 Å². The molecule has 0 aromatic heterocycles. The van der Waals surface area contributed by atoms with Gasteiger partial charge in [0.1, 0.15) is 0 Å². The van der Waals surface area contributed by atoms with Crippen LogP contribution in [0.1, 0.15) is 39.0 Å². The molecule has 3 heteroatoms. The number of aliphatic hydroxyl groups excluding tert-OH is 1. The van der Waals surface area contributed by atoms with Gasteiger partial charge in [-0.1, -0.05) is 6.92 Å². The molecule has 0 aliphatic carbocycles. The molecule has 3 atom stereocenters. The predicted molar refractivity (Wildman–Crippen MR) is 61.9 cm³/mol. The summed E-state index contributed by atoms with van der Waals surface area (Å²) in [4.78, 5) is 2.64. The van der Waals surface area contributed by atoms with Crippen molar-refractivity contribution in [1.29, 1.82) is 0 Å². The van der Waals surface area contributed by atoms with Crippen molar-refractivity contribution >= 4 is 0 Å². The van der Waals surface area contributed by atoms with E-state index in [1.54, 1.807) is 0 Å². The normalized spacial score (nSPS) is 34.0. The molecule has 15 heavy (non-hydrogen) atoms. The zero-order valence-corrected chi connectivity index (χ0v) is 9.78. The molecule has 2 aliphatic rings. The number of nitrogens with one attached hydrogen (secondary N) is 1. The van der Waals surface area contributed by atoms with Crippen molar-refractivity contribution in [2.24, 2.45) is 0 Å². The summed E-state index contributed by atoms with van der Waals surface area (Å²) in [7, 11) is 0. The Kier molecular flexibility index (Phi) is 4.00. The Morgan fingerprint density at radius 2 is 2.27 bits per heavy atom. The van der Waals surface area contributed by atoms with Crippen LogP contribution in [0.2, 0.25) is 0 Å². The molecule has 2 saturated heterocycles. The van der Waals surface area contributed by atoms with E-state index in [9.17, 15) is 5.11 Å². The maximum Gasteiger partial charge on any atom is 0.0584 e. The zero-order valence-electron chi connectivity index (χ0n) is 9.78. The van der Waals surface area contributed by atoms with Crippen molar-refractivity contribution in [3.05, 3.63) is 0 Å². The minimum atomic E-state index is 0.279. The lowest BCUT2D eigenvalue weighted by atomic mass is 9.96. The first-order valence-electron chi connectivity index (χ1n) is 6.44. The first kappa shape index (κ1) is 11.4. The lowest BCUT2D eigenvalue weighted by Gasteiger charge is -2.36. The van der Waals surface area contributed by atoms with Gasteiger partial charge in [-0.25, -0.2) is 0 Å². The summed E-state index contributed by atoms with van der Waals surface area (Å²) in [5.41, 5.74) is 0. The van der Waals surface area contributed by atoms with E-state index < -0.39 is 0 Å². The van der Waals surface area contributed by atoms with Crippen LogP contribution < -0.4 is 5.32 Å². The minimum absolute atomic E-state index is 0.279. The molecule has 0 aromatic rings. The van der Waals surface area contributed by atoms with Crippen molar-refractivity contribution in [2.75, 3.05) is 19.7 Å². The molecule has 0 aromatic carbocycles. The number of aliphatic hydroxyl groups is 1. The summed E-state index contributed by atoms with van der Waals surface area (Å²) in [5.74, 6) is 0. The van der Waals surface area contributed by atoms with Crippen LogP contribution in [-0.4, -0.2) is 47.8 Å². The van der Waals surface area contributed by atoms with Crippen LogP contribution in [0.4, 0.5) is 0 Å². The molecule has 0 saturated carbocycles. The standard InChI is InChI=1S/C12H24N2O/c1-2-10(9-15)13-11-5-7-14-6-3-4-12(14)8-11/h10-13,15H,2-9H2,1H3. The van der Waals surface area contributed by atoms with Gasteiger partial charge in [-0.15, -0.1) is 0 Å². The van der Waals surface area contributed by atoms with E-state index in [1.165, 1.54) is 38.8 Å². The van der Waals surface area contributed by atoms with Gasteiger partial charge in [0, 0.05) is 18.1 Å². The van der Waals surface area contributed by atoms with Crippen LogP contribution in [0.25, 0.3) is 0 Å². The highest BCUT2D eigenvalue weighted by atomic mass is 16.3. The SMILES string of the molecule is CCC(CO)NC1CCN2CCCC2C1. The monoisotopic (exact) mass is 212 g/mol. The number of piperidine rings is 1. The van der Waals surface area contributed by atoms with Crippen LogP contribution in [0.5, 0.6) is 0 Å². The molecule has 0 radical (unpaired) electrons. The van der Waals surface area contributed by atoms with Gasteiger partial charge in [0.2, 0.25) is 0 Å². The average Bonchev–Trinajstić information content (AvgIpc) is 2.73. The molecular weight excluding hydrogens is 188 g/mol. The second kappa shape index (κ2) is 5.28. The maximum absolute atomic E-state index is 9.17. The van der Waals surface area contributed by atoms with Gasteiger partial charge in [0.25, 0.3) is 0 Å². The second-order valence-electron chi connectivity index (χ2n) is 5.01. The van der Waals surface area contributed by atoms with Crippen molar-refractivity contribution in [2.45, 2.75) is 57.2 Å². The van der Waals surface area contributed by atoms with Gasteiger partial charge in [-0.2, -0.15) is 0 Å². The zero-order chi connectivity index (χ0) is 10.7. The summed E-state index contributed by atoms with van der Waals surface area (Å²) < 4.78 is 0. The number of rotatable bonds is 4. The van der Waals surface area contributed by atoms with Gasteiger partial charge in [-0.05, 0) is 45.2 Å². The van der Waals surface area contributed by atoms with Gasteiger partial charge in [0.15, 0.2) is 0 Å². The van der Waals surface area contributed by atoms with Crippen molar-refractivity contribution in [3.8, 4) is 0 Å². The molecule has 2 heterocycles. The van der Waals surface area contributed by atoms with Crippen LogP contribution in [0.3, 0.4) is 0 Å². The number of hydrogen-bond donors (Lipinski definition) is 2. The van der Waals surface area contributed by atoms with E-state index in [-0.39, 0.29) is 6.61 Å². The molecule has 3 nitrogen and oxygen atoms in total. The Hall–Kier alpha value is -0.120. The van der Waals surface area contributed by atoms with Crippen LogP contribution >= 0.6 is 0 Å². The van der Waals surface area contributed by atoms with Gasteiger partial charge in [0.05, 0.1) is 6.61 Å². The third-order valence-electron chi connectivity index (χ3n) is 4.01. The van der Waals surface area contributed by atoms with Crippen molar-refractivity contribution < 1.29 is 5.11 Å². The average molecular weight is 212 g/mol. The van der Waals surface area contributed by atoms with E-state index in [0.29, 0.717) is 12.1 Å². The Labute approximate surface area is 92.8 Å². The maximum atomic E-state index is 9.17. The Morgan fingerprint density at radius 1 is 1.40 bits per heavy atom. The summed E-state index contributed by atoms with van der Waals surface area (Å²) in [6, 6.07) is 1.77. The number of nitrogens with zero attached hydrogens (tertiary/aromatic N) is 1. The van der Waals surface area contributed by atoms with Crippen LogP contribution in [0, 0.1) is 0 Å². The molecule has 88 valence electrons. The van der Waals surface area contributed by atoms with E-state index in [1.807, 2.05) is 0 Å². The fourth-order valence-corrected chi connectivity index (χ4v) is 3.01. The summed E-state index contributed by atoms with van der Waals surface area (Å²) in [6.45, 7) is 4.98. The van der Waals surface area contributed by atoms with Crippen LogP contribution in [0.15, 0.2) is 0 Å². The van der Waals surface area contributed by atoms with E-state index in [4.69, 9.17) is 0 Å². The molecule has 0 bridgehead atoms. The summed E-state index contributed by atoms with van der Waals surface area (Å²) in [5, 5.41) is 12.8. The van der Waals surface area contributed by atoms with Gasteiger partial charge in [-0.3, -0.25) is 0 Å². The number of fused-ring (bicyclic) bond motifs is 1. The second-order valence-corrected chi connectivity index (χ2v) is 5.01. The molecule has 2 aliphatic heterocycles. The fourth-order valence-electron chi connectivity index (χ4n) is 3.01. The largest absolute Gasteiger partial charge is 0.395 e. The lowest BCUT2D eigenvalue weighted by molar-refractivity contribution is 0.147. The quantitative estimate of drug-likeness (QED) is 0.729. The fraction of sp³-hybridized carbons (Fsp3) is 1.00. The van der Waals surface area contributed by atoms with Gasteiger partial charge < -0.3 is 15.3 Å². The van der Waals surface area contributed by atoms with E-state index in [2.05, 4.69) is 17.1 Å². The third kappa shape index (κ3) is 2.71. The van der Waals surface area contributed by atoms with E-state index >= 15 is 0 Å². The summed E-state index contributed by atoms with van der Waals surface area (Å²) in [6.07, 6.45) is 6.34. The predicted octanol–water partition coefficient (Wildman–Crippen LogP) is 0.974. The minimum Gasteiger partial charge on any atom is -0.395 e. The van der Waals surface area contributed by atoms with Crippen LogP contribution in [-0.2, 0) is 0 Å². The topological polar surface area (TPSA) is 35.5 Å². The molecule has 2 fully saturated rings. The first-order valence-corrected chi connectivity index (χ1v) is 6.44. The van der Waals surface area contributed by atoms with Gasteiger partial charge >= 0.3 is 0 Å². The van der Waals surface area contributed by atoms with E-state index in [0.717, 1.165) is 12.5 Å². The Morgan fingerprint density at radius 3 is 3.00 bits per heavy atom. The molecule has 3 unspecified atom stereocenters.